The van der Waals surface area contributed by atoms with Crippen molar-refractivity contribution in [2.75, 3.05) is 5.32 Å². The molecule has 1 aromatic carbocycles. The van der Waals surface area contributed by atoms with Gasteiger partial charge in [0.15, 0.2) is 0 Å². The van der Waals surface area contributed by atoms with Gasteiger partial charge in [0.1, 0.15) is 6.42 Å². The van der Waals surface area contributed by atoms with Crippen LogP contribution >= 0.6 is 0 Å². The average Bonchev–Trinajstić information content (AvgIpc) is 2.44. The van der Waals surface area contributed by atoms with Crippen LogP contribution < -0.4 is 10.6 Å². The zero-order valence-corrected chi connectivity index (χ0v) is 11.6. The largest absolute Gasteiger partial charge is 0.351 e. The lowest BCUT2D eigenvalue weighted by Crippen LogP contribution is -2.23. The number of amides is 2. The van der Waals surface area contributed by atoms with Crippen LogP contribution in [0.5, 0.6) is 0 Å². The molecular weight excluding hydrogens is 254 g/mol. The van der Waals surface area contributed by atoms with Crippen molar-refractivity contribution < 1.29 is 9.59 Å². The first-order valence-electron chi connectivity index (χ1n) is 6.68. The van der Waals surface area contributed by atoms with Crippen LogP contribution in [0.1, 0.15) is 38.2 Å². The molecule has 0 saturated carbocycles. The second-order valence-corrected chi connectivity index (χ2v) is 4.42. The standard InChI is InChI=1S/C15H19N3O2/c1-2-3-8-15(20)18-13-7-5-4-6-12(13)11-17-14(19)9-10-16/h4-7H,2-3,8-9,11H2,1H3,(H,17,19)(H,18,20). The molecule has 2 N–H and O–H groups in total. The van der Waals surface area contributed by atoms with Crippen molar-refractivity contribution in [3.05, 3.63) is 29.8 Å². The third-order valence-electron chi connectivity index (χ3n) is 2.76. The molecule has 0 aromatic heterocycles. The number of nitrogens with one attached hydrogen (secondary N) is 2. The van der Waals surface area contributed by atoms with Crippen molar-refractivity contribution in [3.8, 4) is 6.07 Å². The second kappa shape index (κ2) is 8.70. The number of unbranched alkanes of at least 4 members (excludes halogenated alkanes) is 1. The van der Waals surface area contributed by atoms with E-state index in [-0.39, 0.29) is 18.2 Å². The highest BCUT2D eigenvalue weighted by Crippen LogP contribution is 2.15. The average molecular weight is 273 g/mol. The molecule has 0 heterocycles. The molecule has 0 unspecified atom stereocenters. The highest BCUT2D eigenvalue weighted by Gasteiger charge is 2.07. The Bertz CT molecular complexity index is 506. The number of para-hydroxylation sites is 1. The lowest BCUT2D eigenvalue weighted by molar-refractivity contribution is -0.120. The van der Waals surface area contributed by atoms with E-state index in [1.807, 2.05) is 25.1 Å². The molecule has 5 nitrogen and oxygen atoms in total. The number of rotatable bonds is 7. The van der Waals surface area contributed by atoms with Gasteiger partial charge in [-0.05, 0) is 18.1 Å². The normalized spacial score (nSPS) is 9.60. The van der Waals surface area contributed by atoms with Gasteiger partial charge < -0.3 is 10.6 Å². The minimum atomic E-state index is -0.320. The Hall–Kier alpha value is -2.35. The highest BCUT2D eigenvalue weighted by atomic mass is 16.2. The van der Waals surface area contributed by atoms with Crippen molar-refractivity contribution in [2.45, 2.75) is 39.2 Å². The molecule has 106 valence electrons. The van der Waals surface area contributed by atoms with E-state index in [0.29, 0.717) is 18.7 Å². The van der Waals surface area contributed by atoms with Gasteiger partial charge in [-0.2, -0.15) is 5.26 Å². The number of hydrogen-bond acceptors (Lipinski definition) is 3. The van der Waals surface area contributed by atoms with Crippen LogP contribution in [-0.4, -0.2) is 11.8 Å². The quantitative estimate of drug-likeness (QED) is 0.800. The molecule has 0 fully saturated rings. The first-order chi connectivity index (χ1) is 9.67. The summed E-state index contributed by atoms with van der Waals surface area (Å²) in [5.74, 6) is -0.345. The Kier molecular flexibility index (Phi) is 6.83. The van der Waals surface area contributed by atoms with E-state index in [2.05, 4.69) is 10.6 Å². The molecule has 0 spiro atoms. The summed E-state index contributed by atoms with van der Waals surface area (Å²) in [5, 5.41) is 13.9. The summed E-state index contributed by atoms with van der Waals surface area (Å²) in [4.78, 5) is 23.0. The Labute approximate surface area is 119 Å². The molecular formula is C15H19N3O2. The minimum absolute atomic E-state index is 0.0253. The van der Waals surface area contributed by atoms with Gasteiger partial charge in [0.05, 0.1) is 6.07 Å². The Morgan fingerprint density at radius 2 is 2.00 bits per heavy atom. The molecule has 5 heteroatoms. The smallest absolute Gasteiger partial charge is 0.234 e. The second-order valence-electron chi connectivity index (χ2n) is 4.42. The van der Waals surface area contributed by atoms with Gasteiger partial charge in [-0.15, -0.1) is 0 Å². The lowest BCUT2D eigenvalue weighted by Gasteiger charge is -2.11. The fourth-order valence-corrected chi connectivity index (χ4v) is 1.67. The van der Waals surface area contributed by atoms with Gasteiger partial charge >= 0.3 is 0 Å². The van der Waals surface area contributed by atoms with Gasteiger partial charge in [0, 0.05) is 18.7 Å². The van der Waals surface area contributed by atoms with Gasteiger partial charge in [-0.25, -0.2) is 0 Å². The zero-order valence-electron chi connectivity index (χ0n) is 11.6. The lowest BCUT2D eigenvalue weighted by atomic mass is 10.1. The van der Waals surface area contributed by atoms with E-state index in [4.69, 9.17) is 5.26 Å². The van der Waals surface area contributed by atoms with Crippen LogP contribution in [0.15, 0.2) is 24.3 Å². The van der Waals surface area contributed by atoms with Crippen LogP contribution in [-0.2, 0) is 16.1 Å². The number of nitrogens with zero attached hydrogens (tertiary/aromatic N) is 1. The van der Waals surface area contributed by atoms with Crippen LogP contribution in [0.4, 0.5) is 5.69 Å². The molecule has 0 saturated heterocycles. The third kappa shape index (κ3) is 5.53. The van der Waals surface area contributed by atoms with Gasteiger partial charge in [-0.3, -0.25) is 9.59 Å². The van der Waals surface area contributed by atoms with Gasteiger partial charge in [0.2, 0.25) is 11.8 Å². The summed E-state index contributed by atoms with van der Waals surface area (Å²) in [5.41, 5.74) is 1.52. The first-order valence-corrected chi connectivity index (χ1v) is 6.68. The summed E-state index contributed by atoms with van der Waals surface area (Å²) in [6.45, 7) is 2.33. The van der Waals surface area contributed by atoms with Gasteiger partial charge in [-0.1, -0.05) is 31.5 Å². The molecule has 2 amide bonds. The van der Waals surface area contributed by atoms with E-state index in [0.717, 1.165) is 18.4 Å². The molecule has 20 heavy (non-hydrogen) atoms. The van der Waals surface area contributed by atoms with E-state index in [1.165, 1.54) is 0 Å². The van der Waals surface area contributed by atoms with Crippen LogP contribution in [0.2, 0.25) is 0 Å². The maximum absolute atomic E-state index is 11.7. The number of anilines is 1. The first kappa shape index (κ1) is 15.7. The molecule has 1 rings (SSSR count). The number of benzene rings is 1. The predicted molar refractivity (Wildman–Crippen MR) is 76.7 cm³/mol. The van der Waals surface area contributed by atoms with Crippen molar-refractivity contribution >= 4 is 17.5 Å². The van der Waals surface area contributed by atoms with Crippen molar-refractivity contribution in [2.24, 2.45) is 0 Å². The highest BCUT2D eigenvalue weighted by molar-refractivity contribution is 5.91. The maximum Gasteiger partial charge on any atom is 0.234 e. The number of nitriles is 1. The number of carbonyl (C=O) groups is 2. The Balaban J connectivity index is 2.61. The van der Waals surface area contributed by atoms with Crippen LogP contribution in [0.25, 0.3) is 0 Å². The van der Waals surface area contributed by atoms with Crippen molar-refractivity contribution in [1.82, 2.24) is 5.32 Å². The van der Waals surface area contributed by atoms with E-state index in [1.54, 1.807) is 12.1 Å². The minimum Gasteiger partial charge on any atom is -0.351 e. The van der Waals surface area contributed by atoms with Crippen LogP contribution in [0, 0.1) is 11.3 Å². The van der Waals surface area contributed by atoms with Crippen molar-refractivity contribution in [3.63, 3.8) is 0 Å². The zero-order chi connectivity index (χ0) is 14.8. The molecule has 0 atom stereocenters. The maximum atomic E-state index is 11.7. The molecule has 0 aliphatic carbocycles. The summed E-state index contributed by atoms with van der Waals surface area (Å²) < 4.78 is 0. The molecule has 0 bridgehead atoms. The third-order valence-corrected chi connectivity index (χ3v) is 2.76. The number of carbonyl (C=O) groups excluding carboxylic acids is 2. The molecule has 0 aliphatic heterocycles. The van der Waals surface area contributed by atoms with E-state index >= 15 is 0 Å². The van der Waals surface area contributed by atoms with E-state index < -0.39 is 0 Å². The fourth-order valence-electron chi connectivity index (χ4n) is 1.67. The SMILES string of the molecule is CCCCC(=O)Nc1ccccc1CNC(=O)CC#N. The molecule has 1 aromatic rings. The molecule has 0 aliphatic rings. The Morgan fingerprint density at radius 3 is 2.70 bits per heavy atom. The van der Waals surface area contributed by atoms with Crippen molar-refractivity contribution in [1.29, 1.82) is 5.26 Å². The summed E-state index contributed by atoms with van der Waals surface area (Å²) in [6.07, 6.45) is 2.16. The summed E-state index contributed by atoms with van der Waals surface area (Å²) >= 11 is 0. The monoisotopic (exact) mass is 273 g/mol. The Morgan fingerprint density at radius 1 is 1.25 bits per heavy atom. The van der Waals surface area contributed by atoms with Crippen LogP contribution in [0.3, 0.4) is 0 Å². The van der Waals surface area contributed by atoms with Gasteiger partial charge in [0.25, 0.3) is 0 Å². The number of hydrogen-bond donors (Lipinski definition) is 2. The van der Waals surface area contributed by atoms with E-state index in [9.17, 15) is 9.59 Å². The summed E-state index contributed by atoms with van der Waals surface area (Å²) in [6, 6.07) is 9.10. The predicted octanol–water partition coefficient (Wildman–Crippen LogP) is 2.35. The fraction of sp³-hybridized carbons (Fsp3) is 0.400. The molecule has 0 radical (unpaired) electrons. The summed E-state index contributed by atoms with van der Waals surface area (Å²) in [7, 11) is 0. The topological polar surface area (TPSA) is 82.0 Å².